The van der Waals surface area contributed by atoms with Crippen molar-refractivity contribution in [1.29, 1.82) is 0 Å². The minimum atomic E-state index is -0.743. The summed E-state index contributed by atoms with van der Waals surface area (Å²) in [6.07, 6.45) is 1.53. The molecule has 0 aliphatic carbocycles. The lowest BCUT2D eigenvalue weighted by Crippen LogP contribution is -2.31. The van der Waals surface area contributed by atoms with E-state index in [0.29, 0.717) is 17.8 Å². The number of ketones is 1. The van der Waals surface area contributed by atoms with E-state index in [-0.39, 0.29) is 30.5 Å². The van der Waals surface area contributed by atoms with Gasteiger partial charge in [0.05, 0.1) is 19.8 Å². The molecule has 0 aromatic carbocycles. The van der Waals surface area contributed by atoms with E-state index in [4.69, 9.17) is 9.15 Å². The van der Waals surface area contributed by atoms with E-state index in [1.165, 1.54) is 19.4 Å². The highest BCUT2D eigenvalue weighted by Crippen LogP contribution is 2.16. The van der Waals surface area contributed by atoms with Gasteiger partial charge in [0.1, 0.15) is 6.54 Å². The molecule has 0 bridgehead atoms. The summed E-state index contributed by atoms with van der Waals surface area (Å²) in [7, 11) is 1.32. The number of nitrogens with zero attached hydrogens (tertiary/aromatic N) is 1. The van der Waals surface area contributed by atoms with Crippen molar-refractivity contribution in [2.75, 3.05) is 20.3 Å². The number of carbonyl (C=O) groups excluding carboxylic acids is 4. The Labute approximate surface area is 161 Å². The van der Waals surface area contributed by atoms with Crippen molar-refractivity contribution in [2.45, 2.75) is 26.8 Å². The average molecular weight is 390 g/mol. The number of Topliss-reactive ketones (excluding diaryl/α,β-unsaturated/α-hetero) is 1. The Morgan fingerprint density at radius 3 is 2.57 bits per heavy atom. The number of aromatic nitrogens is 1. The van der Waals surface area contributed by atoms with Gasteiger partial charge in [-0.25, -0.2) is 0 Å². The Hall–Kier alpha value is -3.36. The number of esters is 2. The summed E-state index contributed by atoms with van der Waals surface area (Å²) >= 11 is 0. The molecule has 9 heteroatoms. The molecule has 150 valence electrons. The second kappa shape index (κ2) is 9.54. The van der Waals surface area contributed by atoms with E-state index in [1.807, 2.05) is 11.5 Å². The minimum absolute atomic E-state index is 0.0725. The first kappa shape index (κ1) is 20.9. The molecule has 2 aromatic rings. The number of amides is 1. The van der Waals surface area contributed by atoms with Gasteiger partial charge in [-0.15, -0.1) is 0 Å². The van der Waals surface area contributed by atoms with E-state index in [9.17, 15) is 19.2 Å². The van der Waals surface area contributed by atoms with Crippen molar-refractivity contribution in [1.82, 2.24) is 9.88 Å². The molecule has 0 saturated carbocycles. The first-order chi connectivity index (χ1) is 13.3. The minimum Gasteiger partial charge on any atom is -0.469 e. The Balaban J connectivity index is 1.86. The second-order valence-corrected chi connectivity index (χ2v) is 6.01. The maximum absolute atomic E-state index is 12.4. The van der Waals surface area contributed by atoms with Crippen LogP contribution in [0.5, 0.6) is 0 Å². The second-order valence-electron chi connectivity index (χ2n) is 6.01. The van der Waals surface area contributed by atoms with Gasteiger partial charge in [-0.05, 0) is 32.0 Å². The first-order valence-electron chi connectivity index (χ1n) is 8.57. The Morgan fingerprint density at radius 2 is 1.93 bits per heavy atom. The monoisotopic (exact) mass is 390 g/mol. The molecule has 28 heavy (non-hydrogen) atoms. The third-order valence-electron chi connectivity index (χ3n) is 4.14. The van der Waals surface area contributed by atoms with Crippen LogP contribution in [0.3, 0.4) is 0 Å². The highest BCUT2D eigenvalue weighted by molar-refractivity contribution is 5.99. The van der Waals surface area contributed by atoms with E-state index in [1.54, 1.807) is 19.1 Å². The van der Waals surface area contributed by atoms with Crippen LogP contribution < -0.4 is 5.32 Å². The third kappa shape index (κ3) is 5.32. The molecule has 0 saturated heterocycles. The molecule has 2 heterocycles. The maximum atomic E-state index is 12.4. The summed E-state index contributed by atoms with van der Waals surface area (Å²) in [6, 6.07) is 4.69. The summed E-state index contributed by atoms with van der Waals surface area (Å²) < 4.78 is 16.3. The molecule has 0 atom stereocenters. The van der Waals surface area contributed by atoms with Gasteiger partial charge in [0.15, 0.2) is 12.4 Å². The van der Waals surface area contributed by atoms with Crippen molar-refractivity contribution in [3.8, 4) is 0 Å². The molecule has 9 nitrogen and oxygen atoms in total. The number of rotatable bonds is 9. The molecule has 1 N–H and O–H groups in total. The number of hydrogen-bond donors (Lipinski definition) is 1. The zero-order valence-corrected chi connectivity index (χ0v) is 15.9. The fourth-order valence-electron chi connectivity index (χ4n) is 2.65. The third-order valence-corrected chi connectivity index (χ3v) is 4.14. The zero-order chi connectivity index (χ0) is 20.7. The van der Waals surface area contributed by atoms with Gasteiger partial charge in [0, 0.05) is 23.5 Å². The Morgan fingerprint density at radius 1 is 1.18 bits per heavy atom. The van der Waals surface area contributed by atoms with Crippen molar-refractivity contribution in [3.05, 3.63) is 47.2 Å². The van der Waals surface area contributed by atoms with Crippen molar-refractivity contribution in [3.63, 3.8) is 0 Å². The predicted molar refractivity (Wildman–Crippen MR) is 96.9 cm³/mol. The van der Waals surface area contributed by atoms with Crippen LogP contribution in [0.2, 0.25) is 0 Å². The SMILES string of the molecule is COC(=O)CCn1c(C)cc(C(=O)COC(=O)CNC(=O)c2ccco2)c1C. The van der Waals surface area contributed by atoms with Crippen LogP contribution in [0.1, 0.15) is 38.7 Å². The van der Waals surface area contributed by atoms with Crippen LogP contribution in [0.25, 0.3) is 0 Å². The highest BCUT2D eigenvalue weighted by Gasteiger charge is 2.18. The summed E-state index contributed by atoms with van der Waals surface area (Å²) in [5.41, 5.74) is 1.89. The molecule has 0 spiro atoms. The van der Waals surface area contributed by atoms with Crippen LogP contribution in [0.15, 0.2) is 28.9 Å². The highest BCUT2D eigenvalue weighted by atomic mass is 16.5. The lowest BCUT2D eigenvalue weighted by atomic mass is 10.1. The summed E-state index contributed by atoms with van der Waals surface area (Å²) in [5.74, 6) is -1.94. The van der Waals surface area contributed by atoms with Crippen LogP contribution >= 0.6 is 0 Å². The first-order valence-corrected chi connectivity index (χ1v) is 8.57. The standard InChI is InChI=1S/C19H22N2O7/c1-12-9-14(13(2)21(12)7-6-17(23)26-3)15(22)11-28-18(24)10-20-19(25)16-5-4-8-27-16/h4-5,8-9H,6-7,10-11H2,1-3H3,(H,20,25). The van der Waals surface area contributed by atoms with Gasteiger partial charge in [-0.2, -0.15) is 0 Å². The molecular weight excluding hydrogens is 368 g/mol. The summed E-state index contributed by atoms with van der Waals surface area (Å²) in [6.45, 7) is 3.12. The van der Waals surface area contributed by atoms with Crippen molar-refractivity contribution >= 4 is 23.6 Å². The lowest BCUT2D eigenvalue weighted by Gasteiger charge is -2.09. The molecule has 2 rings (SSSR count). The molecule has 0 unspecified atom stereocenters. The van der Waals surface area contributed by atoms with Gasteiger partial charge >= 0.3 is 11.9 Å². The van der Waals surface area contributed by atoms with Gasteiger partial charge in [-0.1, -0.05) is 0 Å². The quantitative estimate of drug-likeness (QED) is 0.508. The fourth-order valence-corrected chi connectivity index (χ4v) is 2.65. The van der Waals surface area contributed by atoms with Crippen LogP contribution in [-0.4, -0.2) is 48.5 Å². The molecule has 0 fully saturated rings. The molecule has 0 aliphatic rings. The fraction of sp³-hybridized carbons (Fsp3) is 0.368. The molecular formula is C19H22N2O7. The van der Waals surface area contributed by atoms with E-state index >= 15 is 0 Å². The average Bonchev–Trinajstić information content (AvgIpc) is 3.31. The number of methoxy groups -OCH3 is 1. The van der Waals surface area contributed by atoms with Crippen molar-refractivity contribution in [2.24, 2.45) is 0 Å². The number of ether oxygens (including phenoxy) is 2. The number of aryl methyl sites for hydroxylation is 1. The lowest BCUT2D eigenvalue weighted by molar-refractivity contribution is -0.141. The Kier molecular flexibility index (Phi) is 7.14. The van der Waals surface area contributed by atoms with Crippen molar-refractivity contribution < 1.29 is 33.1 Å². The number of nitrogens with one attached hydrogen (secondary N) is 1. The normalized spacial score (nSPS) is 10.4. The number of furan rings is 1. The summed E-state index contributed by atoms with van der Waals surface area (Å²) in [4.78, 5) is 47.1. The predicted octanol–water partition coefficient (Wildman–Crippen LogP) is 1.42. The number of hydrogen-bond acceptors (Lipinski definition) is 7. The molecule has 1 amide bonds. The van der Waals surface area contributed by atoms with Gasteiger partial charge in [-0.3, -0.25) is 19.2 Å². The van der Waals surface area contributed by atoms with Crippen LogP contribution in [-0.2, 0) is 25.6 Å². The number of carbonyl (C=O) groups is 4. The smallest absolute Gasteiger partial charge is 0.325 e. The van der Waals surface area contributed by atoms with Crippen LogP contribution in [0.4, 0.5) is 0 Å². The Bertz CT molecular complexity index is 865. The van der Waals surface area contributed by atoms with Gasteiger partial charge in [0.25, 0.3) is 5.91 Å². The molecule has 0 aliphatic heterocycles. The maximum Gasteiger partial charge on any atom is 0.325 e. The summed E-state index contributed by atoms with van der Waals surface area (Å²) in [5, 5.41) is 2.34. The largest absolute Gasteiger partial charge is 0.469 e. The van der Waals surface area contributed by atoms with E-state index in [2.05, 4.69) is 10.1 Å². The van der Waals surface area contributed by atoms with Gasteiger partial charge < -0.3 is 23.8 Å². The molecule has 0 radical (unpaired) electrons. The zero-order valence-electron chi connectivity index (χ0n) is 15.9. The van der Waals surface area contributed by atoms with Crippen LogP contribution in [0, 0.1) is 13.8 Å². The topological polar surface area (TPSA) is 117 Å². The van der Waals surface area contributed by atoms with E-state index in [0.717, 1.165) is 5.69 Å². The molecule has 2 aromatic heterocycles. The van der Waals surface area contributed by atoms with Gasteiger partial charge in [0.2, 0.25) is 5.78 Å². The van der Waals surface area contributed by atoms with E-state index < -0.39 is 18.5 Å².